The van der Waals surface area contributed by atoms with Crippen LogP contribution >= 0.6 is 11.3 Å². The summed E-state index contributed by atoms with van der Waals surface area (Å²) in [6.45, 7) is 5.04. The second-order valence-corrected chi connectivity index (χ2v) is 5.91. The maximum absolute atomic E-state index is 10.8. The molecule has 1 fully saturated rings. The van der Waals surface area contributed by atoms with Gasteiger partial charge in [0.1, 0.15) is 4.88 Å². The smallest absolute Gasteiger partial charge is 0.345 e. The molecule has 1 saturated carbocycles. The Morgan fingerprint density at radius 3 is 2.81 bits per heavy atom. The van der Waals surface area contributed by atoms with Crippen LogP contribution in [0.2, 0.25) is 0 Å². The maximum atomic E-state index is 10.8. The van der Waals surface area contributed by atoms with Crippen molar-refractivity contribution in [1.82, 2.24) is 5.32 Å². The summed E-state index contributed by atoms with van der Waals surface area (Å²) in [5.41, 5.74) is 1.13. The molecule has 1 heterocycles. The van der Waals surface area contributed by atoms with E-state index in [1.54, 1.807) is 6.07 Å². The zero-order valence-electron chi connectivity index (χ0n) is 9.62. The topological polar surface area (TPSA) is 49.3 Å². The summed E-state index contributed by atoms with van der Waals surface area (Å²) in [5, 5.41) is 12.4. The molecule has 0 bridgehead atoms. The van der Waals surface area contributed by atoms with Gasteiger partial charge in [-0.1, -0.05) is 6.92 Å². The van der Waals surface area contributed by atoms with Crippen molar-refractivity contribution in [1.29, 1.82) is 0 Å². The highest BCUT2D eigenvalue weighted by Gasteiger charge is 2.24. The highest BCUT2D eigenvalue weighted by molar-refractivity contribution is 7.14. The van der Waals surface area contributed by atoms with Crippen LogP contribution in [0.1, 0.15) is 39.9 Å². The Morgan fingerprint density at radius 1 is 1.62 bits per heavy atom. The normalized spacial score (nSPS) is 24.1. The van der Waals surface area contributed by atoms with Crippen LogP contribution in [0, 0.1) is 12.8 Å². The number of aryl methyl sites for hydroxylation is 1. The van der Waals surface area contributed by atoms with Gasteiger partial charge in [0, 0.05) is 17.5 Å². The van der Waals surface area contributed by atoms with Crippen LogP contribution < -0.4 is 5.32 Å². The Hall–Kier alpha value is -0.870. The monoisotopic (exact) mass is 239 g/mol. The maximum Gasteiger partial charge on any atom is 0.345 e. The summed E-state index contributed by atoms with van der Waals surface area (Å²) in [5.74, 6) is 0.0206. The molecule has 0 unspecified atom stereocenters. The number of carboxylic acid groups (broad SMARTS) is 1. The molecule has 16 heavy (non-hydrogen) atoms. The summed E-state index contributed by atoms with van der Waals surface area (Å²) in [6.07, 6.45) is 2.49. The van der Waals surface area contributed by atoms with Gasteiger partial charge < -0.3 is 10.4 Å². The number of aromatic carboxylic acids is 1. The molecular formula is C12H17NO2S. The van der Waals surface area contributed by atoms with Gasteiger partial charge in [-0.3, -0.25) is 0 Å². The first kappa shape index (κ1) is 11.6. The number of carboxylic acids is 1. The standard InChI is InChI=1S/C12H17NO2S/c1-7-3-10(4-7)13-6-9-5-11(12(14)15)16-8(9)2/h5,7,10,13H,3-4,6H2,1-2H3,(H,14,15). The molecule has 0 spiro atoms. The highest BCUT2D eigenvalue weighted by atomic mass is 32.1. The van der Waals surface area contributed by atoms with E-state index >= 15 is 0 Å². The zero-order chi connectivity index (χ0) is 11.7. The third-order valence-corrected chi connectivity index (χ3v) is 4.27. The van der Waals surface area contributed by atoms with Gasteiger partial charge >= 0.3 is 5.97 Å². The van der Waals surface area contributed by atoms with Gasteiger partial charge in [0.05, 0.1) is 0 Å². The molecule has 1 aliphatic carbocycles. The third-order valence-electron chi connectivity index (χ3n) is 3.19. The summed E-state index contributed by atoms with van der Waals surface area (Å²) in [7, 11) is 0. The minimum absolute atomic E-state index is 0.441. The fourth-order valence-corrected chi connectivity index (χ4v) is 3.00. The van der Waals surface area contributed by atoms with Crippen LogP contribution in [0.4, 0.5) is 0 Å². The minimum Gasteiger partial charge on any atom is -0.477 e. The van der Waals surface area contributed by atoms with Gasteiger partial charge in [0.2, 0.25) is 0 Å². The van der Waals surface area contributed by atoms with Crippen LogP contribution in [0.5, 0.6) is 0 Å². The molecule has 1 aromatic rings. The Bertz CT molecular complexity index is 394. The molecule has 0 radical (unpaired) electrons. The van der Waals surface area contributed by atoms with Crippen LogP contribution in [-0.4, -0.2) is 17.1 Å². The van der Waals surface area contributed by atoms with Crippen molar-refractivity contribution in [3.05, 3.63) is 21.4 Å². The van der Waals surface area contributed by atoms with E-state index in [1.165, 1.54) is 24.2 Å². The number of rotatable bonds is 4. The van der Waals surface area contributed by atoms with Crippen molar-refractivity contribution < 1.29 is 9.90 Å². The summed E-state index contributed by atoms with van der Waals surface area (Å²) in [4.78, 5) is 12.4. The number of carbonyl (C=O) groups is 1. The lowest BCUT2D eigenvalue weighted by atomic mass is 9.82. The van der Waals surface area contributed by atoms with E-state index in [4.69, 9.17) is 5.11 Å². The van der Waals surface area contributed by atoms with Gasteiger partial charge in [-0.15, -0.1) is 11.3 Å². The molecule has 1 aliphatic rings. The fourth-order valence-electron chi connectivity index (χ4n) is 2.12. The third kappa shape index (κ3) is 2.44. The Labute approximate surface area is 99.5 Å². The van der Waals surface area contributed by atoms with Crippen molar-refractivity contribution in [3.63, 3.8) is 0 Å². The van der Waals surface area contributed by atoms with Crippen molar-refractivity contribution in [2.24, 2.45) is 5.92 Å². The summed E-state index contributed by atoms with van der Waals surface area (Å²) >= 11 is 1.36. The Balaban J connectivity index is 1.91. The average Bonchev–Trinajstić information content (AvgIpc) is 2.53. The van der Waals surface area contributed by atoms with E-state index in [0.29, 0.717) is 10.9 Å². The van der Waals surface area contributed by atoms with E-state index in [-0.39, 0.29) is 0 Å². The molecule has 0 atom stereocenters. The fraction of sp³-hybridized carbons (Fsp3) is 0.583. The lowest BCUT2D eigenvalue weighted by molar-refractivity contribution is 0.0702. The molecule has 0 aromatic carbocycles. The first-order valence-electron chi connectivity index (χ1n) is 5.62. The lowest BCUT2D eigenvalue weighted by Gasteiger charge is -2.33. The molecule has 2 rings (SSSR count). The number of nitrogens with one attached hydrogen (secondary N) is 1. The number of hydrogen-bond donors (Lipinski definition) is 2. The van der Waals surface area contributed by atoms with Crippen molar-refractivity contribution in [2.75, 3.05) is 0 Å². The van der Waals surface area contributed by atoms with Gasteiger partial charge in [-0.25, -0.2) is 4.79 Å². The highest BCUT2D eigenvalue weighted by Crippen LogP contribution is 2.27. The van der Waals surface area contributed by atoms with E-state index in [1.807, 2.05) is 6.92 Å². The summed E-state index contributed by atoms with van der Waals surface area (Å²) in [6, 6.07) is 2.42. The molecular weight excluding hydrogens is 222 g/mol. The predicted octanol–water partition coefficient (Wildman–Crippen LogP) is 2.64. The molecule has 0 saturated heterocycles. The van der Waals surface area contributed by atoms with E-state index in [9.17, 15) is 4.79 Å². The van der Waals surface area contributed by atoms with Crippen molar-refractivity contribution in [3.8, 4) is 0 Å². The number of thiophene rings is 1. The van der Waals surface area contributed by atoms with E-state index < -0.39 is 5.97 Å². The largest absolute Gasteiger partial charge is 0.477 e. The zero-order valence-corrected chi connectivity index (χ0v) is 10.4. The van der Waals surface area contributed by atoms with Crippen molar-refractivity contribution >= 4 is 17.3 Å². The van der Waals surface area contributed by atoms with Gasteiger partial charge in [-0.2, -0.15) is 0 Å². The van der Waals surface area contributed by atoms with E-state index in [0.717, 1.165) is 22.9 Å². The second kappa shape index (κ2) is 4.55. The quantitative estimate of drug-likeness (QED) is 0.849. The van der Waals surface area contributed by atoms with Crippen LogP contribution in [0.25, 0.3) is 0 Å². The molecule has 4 heteroatoms. The lowest BCUT2D eigenvalue weighted by Crippen LogP contribution is -2.39. The molecule has 1 aromatic heterocycles. The van der Waals surface area contributed by atoms with Crippen LogP contribution in [-0.2, 0) is 6.54 Å². The molecule has 0 aliphatic heterocycles. The van der Waals surface area contributed by atoms with Gasteiger partial charge in [-0.05, 0) is 37.3 Å². The average molecular weight is 239 g/mol. The SMILES string of the molecule is Cc1sc(C(=O)O)cc1CNC1CC(C)C1. The van der Waals surface area contributed by atoms with E-state index in [2.05, 4.69) is 12.2 Å². The van der Waals surface area contributed by atoms with Crippen LogP contribution in [0.3, 0.4) is 0 Å². The Morgan fingerprint density at radius 2 is 2.31 bits per heavy atom. The van der Waals surface area contributed by atoms with Crippen molar-refractivity contribution in [2.45, 2.75) is 39.3 Å². The summed E-state index contributed by atoms with van der Waals surface area (Å²) < 4.78 is 0. The molecule has 3 nitrogen and oxygen atoms in total. The first-order valence-corrected chi connectivity index (χ1v) is 6.44. The minimum atomic E-state index is -0.823. The van der Waals surface area contributed by atoms with Gasteiger partial charge in [0.25, 0.3) is 0 Å². The molecule has 88 valence electrons. The Kier molecular flexibility index (Phi) is 3.30. The molecule has 0 amide bonds. The van der Waals surface area contributed by atoms with Gasteiger partial charge in [0.15, 0.2) is 0 Å². The predicted molar refractivity (Wildman–Crippen MR) is 65.0 cm³/mol. The second-order valence-electron chi connectivity index (χ2n) is 4.65. The molecule has 2 N–H and O–H groups in total. The first-order chi connectivity index (χ1) is 7.56. The van der Waals surface area contributed by atoms with Crippen LogP contribution in [0.15, 0.2) is 6.07 Å². The number of hydrogen-bond acceptors (Lipinski definition) is 3.